The standard InChI is InChI=1S/C22H20F2N2O3S/c1-13-20(15-6-9-18(23)19(24)11-15)25-22(30-13)26-21(27)14-4-7-16(8-5-14)29-12-17-3-2-10-28-17/h4-9,11,17H,2-3,10,12H2,1H3,(H,25,26,27). The van der Waals surface area contributed by atoms with Gasteiger partial charge in [-0.1, -0.05) is 0 Å². The molecule has 1 saturated heterocycles. The van der Waals surface area contributed by atoms with Crippen molar-refractivity contribution in [1.82, 2.24) is 4.98 Å². The molecule has 0 bridgehead atoms. The van der Waals surface area contributed by atoms with Crippen LogP contribution in [0.15, 0.2) is 42.5 Å². The summed E-state index contributed by atoms with van der Waals surface area (Å²) in [4.78, 5) is 17.7. The van der Waals surface area contributed by atoms with Crippen LogP contribution in [-0.2, 0) is 4.74 Å². The summed E-state index contributed by atoms with van der Waals surface area (Å²) < 4.78 is 37.9. The Hall–Kier alpha value is -2.84. The summed E-state index contributed by atoms with van der Waals surface area (Å²) in [7, 11) is 0. The number of hydrogen-bond donors (Lipinski definition) is 1. The van der Waals surface area contributed by atoms with Gasteiger partial charge in [0.2, 0.25) is 0 Å². The molecule has 1 amide bonds. The fourth-order valence-electron chi connectivity index (χ4n) is 3.20. The SMILES string of the molecule is Cc1sc(NC(=O)c2ccc(OCC3CCCO3)cc2)nc1-c1ccc(F)c(F)c1. The van der Waals surface area contributed by atoms with Gasteiger partial charge in [-0.25, -0.2) is 13.8 Å². The Kier molecular flexibility index (Phi) is 6.06. The number of nitrogens with zero attached hydrogens (tertiary/aromatic N) is 1. The maximum absolute atomic E-state index is 13.5. The van der Waals surface area contributed by atoms with Crippen molar-refractivity contribution >= 4 is 22.4 Å². The predicted octanol–water partition coefficient (Wildman–Crippen LogP) is 5.21. The van der Waals surface area contributed by atoms with Crippen LogP contribution in [0, 0.1) is 18.6 Å². The highest BCUT2D eigenvalue weighted by atomic mass is 32.1. The van der Waals surface area contributed by atoms with Gasteiger partial charge in [-0.2, -0.15) is 0 Å². The summed E-state index contributed by atoms with van der Waals surface area (Å²) in [5.74, 6) is -1.49. The Balaban J connectivity index is 1.40. The molecule has 5 nitrogen and oxygen atoms in total. The molecule has 1 aliphatic rings. The quantitative estimate of drug-likeness (QED) is 0.583. The van der Waals surface area contributed by atoms with Crippen molar-refractivity contribution in [2.45, 2.75) is 25.9 Å². The topological polar surface area (TPSA) is 60.5 Å². The number of aromatic nitrogens is 1. The molecule has 3 aromatic rings. The van der Waals surface area contributed by atoms with E-state index in [1.54, 1.807) is 24.3 Å². The van der Waals surface area contributed by atoms with Gasteiger partial charge in [0.15, 0.2) is 16.8 Å². The maximum atomic E-state index is 13.5. The Morgan fingerprint density at radius 3 is 2.73 bits per heavy atom. The number of aryl methyl sites for hydroxylation is 1. The minimum Gasteiger partial charge on any atom is -0.491 e. The lowest BCUT2D eigenvalue weighted by atomic mass is 10.1. The summed E-state index contributed by atoms with van der Waals surface area (Å²) in [5, 5.41) is 3.14. The lowest BCUT2D eigenvalue weighted by molar-refractivity contribution is 0.0679. The van der Waals surface area contributed by atoms with E-state index < -0.39 is 11.6 Å². The molecule has 2 aromatic carbocycles. The van der Waals surface area contributed by atoms with E-state index in [2.05, 4.69) is 10.3 Å². The number of benzene rings is 2. The molecule has 2 heterocycles. The summed E-state index contributed by atoms with van der Waals surface area (Å²) in [6.45, 7) is 3.09. The molecule has 1 unspecified atom stereocenters. The largest absolute Gasteiger partial charge is 0.491 e. The Morgan fingerprint density at radius 2 is 2.03 bits per heavy atom. The number of carbonyl (C=O) groups is 1. The number of anilines is 1. The molecule has 1 aromatic heterocycles. The number of carbonyl (C=O) groups excluding carboxylic acids is 1. The van der Waals surface area contributed by atoms with Crippen molar-refractivity contribution in [2.24, 2.45) is 0 Å². The van der Waals surface area contributed by atoms with E-state index in [0.29, 0.717) is 34.3 Å². The third kappa shape index (κ3) is 4.66. The maximum Gasteiger partial charge on any atom is 0.257 e. The molecular weight excluding hydrogens is 410 g/mol. The lowest BCUT2D eigenvalue weighted by Gasteiger charge is -2.11. The second-order valence-electron chi connectivity index (χ2n) is 6.98. The van der Waals surface area contributed by atoms with Gasteiger partial charge in [0.1, 0.15) is 12.4 Å². The highest BCUT2D eigenvalue weighted by Crippen LogP contribution is 2.31. The van der Waals surface area contributed by atoms with Crippen LogP contribution in [0.4, 0.5) is 13.9 Å². The molecule has 1 N–H and O–H groups in total. The molecule has 1 aliphatic heterocycles. The summed E-state index contributed by atoms with van der Waals surface area (Å²) in [6.07, 6.45) is 2.19. The number of halogens is 2. The number of ether oxygens (including phenoxy) is 2. The fraction of sp³-hybridized carbons (Fsp3) is 0.273. The summed E-state index contributed by atoms with van der Waals surface area (Å²) in [5.41, 5.74) is 1.42. The molecule has 156 valence electrons. The van der Waals surface area contributed by atoms with Crippen LogP contribution in [0.3, 0.4) is 0 Å². The van der Waals surface area contributed by atoms with Crippen LogP contribution in [0.25, 0.3) is 11.3 Å². The lowest BCUT2D eigenvalue weighted by Crippen LogP contribution is -2.16. The van der Waals surface area contributed by atoms with Gasteiger partial charge in [0.05, 0.1) is 11.8 Å². The Labute approximate surface area is 176 Å². The molecule has 1 fully saturated rings. The highest BCUT2D eigenvalue weighted by Gasteiger charge is 2.17. The van der Waals surface area contributed by atoms with Crippen molar-refractivity contribution in [1.29, 1.82) is 0 Å². The van der Waals surface area contributed by atoms with Gasteiger partial charge >= 0.3 is 0 Å². The zero-order valence-electron chi connectivity index (χ0n) is 16.3. The third-order valence-corrected chi connectivity index (χ3v) is 5.67. The van der Waals surface area contributed by atoms with Crippen LogP contribution in [-0.4, -0.2) is 30.2 Å². The first-order valence-corrected chi connectivity index (χ1v) is 10.4. The van der Waals surface area contributed by atoms with E-state index in [1.165, 1.54) is 17.4 Å². The fourth-order valence-corrected chi connectivity index (χ4v) is 4.03. The summed E-state index contributed by atoms with van der Waals surface area (Å²) >= 11 is 1.27. The number of rotatable bonds is 6. The first-order chi connectivity index (χ1) is 14.5. The molecule has 1 atom stereocenters. The Morgan fingerprint density at radius 1 is 1.23 bits per heavy atom. The van der Waals surface area contributed by atoms with E-state index in [9.17, 15) is 13.6 Å². The molecule has 8 heteroatoms. The molecule has 0 radical (unpaired) electrons. The first kappa shape index (κ1) is 20.4. The van der Waals surface area contributed by atoms with Crippen molar-refractivity contribution in [3.05, 3.63) is 64.5 Å². The van der Waals surface area contributed by atoms with Crippen molar-refractivity contribution in [3.63, 3.8) is 0 Å². The average Bonchev–Trinajstić information content (AvgIpc) is 3.38. The van der Waals surface area contributed by atoms with Crippen molar-refractivity contribution in [3.8, 4) is 17.0 Å². The van der Waals surface area contributed by atoms with E-state index in [1.807, 2.05) is 6.92 Å². The van der Waals surface area contributed by atoms with Crippen LogP contribution in [0.2, 0.25) is 0 Å². The van der Waals surface area contributed by atoms with Gasteiger partial charge in [0, 0.05) is 22.6 Å². The van der Waals surface area contributed by atoms with E-state index in [4.69, 9.17) is 9.47 Å². The third-order valence-electron chi connectivity index (χ3n) is 4.79. The molecular formula is C22H20F2N2O3S. The zero-order chi connectivity index (χ0) is 21.1. The normalized spacial score (nSPS) is 15.9. The highest BCUT2D eigenvalue weighted by molar-refractivity contribution is 7.16. The van der Waals surface area contributed by atoms with E-state index in [0.717, 1.165) is 36.5 Å². The number of amides is 1. The predicted molar refractivity (Wildman–Crippen MR) is 111 cm³/mol. The van der Waals surface area contributed by atoms with Crippen LogP contribution in [0.1, 0.15) is 28.1 Å². The van der Waals surface area contributed by atoms with Crippen molar-refractivity contribution in [2.75, 3.05) is 18.5 Å². The molecule has 0 saturated carbocycles. The number of hydrogen-bond acceptors (Lipinski definition) is 5. The van der Waals surface area contributed by atoms with E-state index >= 15 is 0 Å². The molecule has 30 heavy (non-hydrogen) atoms. The molecule has 0 aliphatic carbocycles. The second kappa shape index (κ2) is 8.89. The Bertz CT molecular complexity index is 1050. The van der Waals surface area contributed by atoms with Crippen LogP contribution in [0.5, 0.6) is 5.75 Å². The van der Waals surface area contributed by atoms with Gasteiger partial charge in [-0.15, -0.1) is 11.3 Å². The smallest absolute Gasteiger partial charge is 0.257 e. The molecule has 4 rings (SSSR count). The summed E-state index contributed by atoms with van der Waals surface area (Å²) in [6, 6.07) is 10.4. The minimum absolute atomic E-state index is 0.130. The van der Waals surface area contributed by atoms with Crippen molar-refractivity contribution < 1.29 is 23.0 Å². The minimum atomic E-state index is -0.938. The average molecular weight is 430 g/mol. The number of thiazole rings is 1. The van der Waals surface area contributed by atoms with Gasteiger partial charge in [-0.05, 0) is 62.2 Å². The first-order valence-electron chi connectivity index (χ1n) is 9.58. The van der Waals surface area contributed by atoms with Crippen LogP contribution >= 0.6 is 11.3 Å². The molecule has 0 spiro atoms. The van der Waals surface area contributed by atoms with Crippen LogP contribution < -0.4 is 10.1 Å². The zero-order valence-corrected chi connectivity index (χ0v) is 17.1. The van der Waals surface area contributed by atoms with E-state index in [-0.39, 0.29) is 12.0 Å². The van der Waals surface area contributed by atoms with Gasteiger partial charge in [0.25, 0.3) is 5.91 Å². The monoisotopic (exact) mass is 430 g/mol. The second-order valence-corrected chi connectivity index (χ2v) is 8.18. The number of nitrogens with one attached hydrogen (secondary N) is 1. The van der Waals surface area contributed by atoms with Gasteiger partial charge < -0.3 is 9.47 Å². The van der Waals surface area contributed by atoms with Gasteiger partial charge in [-0.3, -0.25) is 10.1 Å².